The van der Waals surface area contributed by atoms with Crippen molar-refractivity contribution in [3.05, 3.63) is 0 Å². The maximum atomic E-state index is 8.88. The molecule has 0 bridgehead atoms. The molecule has 0 amide bonds. The molecule has 32 valence electrons. The molecule has 0 rings (SSSR count). The Morgan fingerprint density at radius 2 is 1.14 bits per heavy atom. The normalized spacial score (nSPS) is 8.43. The van der Waals surface area contributed by atoms with Gasteiger partial charge in [-0.3, -0.25) is 0 Å². The van der Waals surface area contributed by atoms with Gasteiger partial charge in [0.1, 0.15) is 0 Å². The molecule has 7 heteroatoms. The quantitative estimate of drug-likeness (QED) is 0.240. The van der Waals surface area contributed by atoms with Crippen LogP contribution in [-0.4, -0.2) is 25.6 Å². The number of rotatable bonds is 0. The summed E-state index contributed by atoms with van der Waals surface area (Å²) in [5.41, 5.74) is 0. The number of hydrogen-bond acceptors (Lipinski definition) is 1. The zero-order valence-corrected chi connectivity index (χ0v) is 7.59. The first-order valence-corrected chi connectivity index (χ1v) is 2.35. The van der Waals surface area contributed by atoms with Crippen LogP contribution in [0.1, 0.15) is 0 Å². The van der Waals surface area contributed by atoms with Crippen LogP contribution >= 0.6 is 7.82 Å². The first-order chi connectivity index (χ1) is 2.00. The number of hydrogen-bond donors (Lipinski definition) is 3. The van der Waals surface area contributed by atoms with E-state index in [9.17, 15) is 0 Å². The van der Waals surface area contributed by atoms with E-state index in [1.165, 1.54) is 0 Å². The van der Waals surface area contributed by atoms with Crippen molar-refractivity contribution in [2.24, 2.45) is 0 Å². The molecule has 7 heavy (non-hydrogen) atoms. The van der Waals surface area contributed by atoms with Crippen molar-refractivity contribution >= 4 is 18.8 Å². The average Bonchev–Trinajstić information content (AvgIpc) is 0.722. The molecule has 0 saturated heterocycles. The molecule has 0 saturated carbocycles. The Balaban J connectivity index is -0.0000000800. The summed E-state index contributed by atoms with van der Waals surface area (Å²) in [6, 6.07) is 0. The summed E-state index contributed by atoms with van der Waals surface area (Å²) >= 11 is 0. The molecule has 0 atom stereocenters. The van der Waals surface area contributed by atoms with Gasteiger partial charge in [0.2, 0.25) is 0 Å². The van der Waals surface area contributed by atoms with Gasteiger partial charge in [-0.1, -0.05) is 0 Å². The second kappa shape index (κ2) is 5.46. The van der Waals surface area contributed by atoms with Crippen molar-refractivity contribution in [2.45, 2.75) is 0 Å². The zero-order chi connectivity index (χ0) is 4.50. The molecule has 0 fully saturated rings. The molecule has 0 aromatic carbocycles. The van der Waals surface area contributed by atoms with Crippen molar-refractivity contribution in [2.75, 3.05) is 0 Å². The second-order valence-electron chi connectivity index (χ2n) is 0.513. The predicted molar refractivity (Wildman–Crippen MR) is 20.0 cm³/mol. The standard InChI is InChI=1S/Na.H3O4P.Si/c;1-5(2,3)4;/h;(H3,1,2,3,4);/q+1;;+4. The van der Waals surface area contributed by atoms with E-state index in [1.54, 1.807) is 0 Å². The average molecular weight is 149 g/mol. The van der Waals surface area contributed by atoms with Crippen molar-refractivity contribution in [3.8, 4) is 0 Å². The van der Waals surface area contributed by atoms with Gasteiger partial charge < -0.3 is 14.7 Å². The Bertz CT molecular complexity index is 57.8. The van der Waals surface area contributed by atoms with E-state index in [0.717, 1.165) is 0 Å². The first kappa shape index (κ1) is 15.8. The number of phosphoric acid groups is 1. The fraction of sp³-hybridized carbons (Fsp3) is 0. The summed E-state index contributed by atoms with van der Waals surface area (Å²) in [6.45, 7) is 0. The third-order valence-electron chi connectivity index (χ3n) is 0. The molecular formula is H3NaO4PSi+5. The molecule has 0 aliphatic heterocycles. The molecule has 4 nitrogen and oxygen atoms in total. The Morgan fingerprint density at radius 3 is 1.14 bits per heavy atom. The van der Waals surface area contributed by atoms with Gasteiger partial charge in [0, 0.05) is 0 Å². The SMILES string of the molecule is O=P(O)(O)O.[Na+].[Si+4]. The van der Waals surface area contributed by atoms with Crippen molar-refractivity contribution in [3.63, 3.8) is 0 Å². The van der Waals surface area contributed by atoms with Crippen LogP contribution in [0, 0.1) is 0 Å². The van der Waals surface area contributed by atoms with Gasteiger partial charge in [-0.15, -0.1) is 0 Å². The molecule has 0 radical (unpaired) electrons. The van der Waals surface area contributed by atoms with Crippen molar-refractivity contribution in [1.82, 2.24) is 0 Å². The van der Waals surface area contributed by atoms with Crippen LogP contribution in [0.2, 0.25) is 0 Å². The molecule has 0 aliphatic carbocycles. The third-order valence-corrected chi connectivity index (χ3v) is 0. The minimum absolute atomic E-state index is 0. The Morgan fingerprint density at radius 1 is 1.14 bits per heavy atom. The molecule has 0 aliphatic rings. The van der Waals surface area contributed by atoms with Crippen LogP contribution in [-0.2, 0) is 4.57 Å². The predicted octanol–water partition coefficient (Wildman–Crippen LogP) is -4.31. The maximum Gasteiger partial charge on any atom is 4.00 e. The summed E-state index contributed by atoms with van der Waals surface area (Å²) in [6.07, 6.45) is 0. The van der Waals surface area contributed by atoms with Crippen LogP contribution in [0.5, 0.6) is 0 Å². The molecule has 0 aromatic rings. The Labute approximate surface area is 67.5 Å². The van der Waals surface area contributed by atoms with Gasteiger partial charge in [0.15, 0.2) is 0 Å². The van der Waals surface area contributed by atoms with Gasteiger partial charge in [-0.05, 0) is 0 Å². The fourth-order valence-corrected chi connectivity index (χ4v) is 0. The van der Waals surface area contributed by atoms with E-state index in [1.807, 2.05) is 0 Å². The summed E-state index contributed by atoms with van der Waals surface area (Å²) in [7, 11) is -4.64. The van der Waals surface area contributed by atoms with E-state index in [-0.39, 0.29) is 40.5 Å². The third kappa shape index (κ3) is 118. The smallest absolute Gasteiger partial charge is 0.303 e. The molecule has 0 heterocycles. The second-order valence-corrected chi connectivity index (χ2v) is 1.54. The van der Waals surface area contributed by atoms with Crippen LogP contribution in [0.4, 0.5) is 0 Å². The van der Waals surface area contributed by atoms with Gasteiger partial charge in [0.05, 0.1) is 0 Å². The van der Waals surface area contributed by atoms with Crippen molar-refractivity contribution < 1.29 is 48.8 Å². The van der Waals surface area contributed by atoms with Crippen molar-refractivity contribution in [1.29, 1.82) is 0 Å². The van der Waals surface area contributed by atoms with Gasteiger partial charge in [-0.25, -0.2) is 4.57 Å². The van der Waals surface area contributed by atoms with E-state index < -0.39 is 7.82 Å². The molecule has 0 spiro atoms. The van der Waals surface area contributed by atoms with Gasteiger partial charge in [-0.2, -0.15) is 0 Å². The fourth-order valence-electron chi connectivity index (χ4n) is 0. The summed E-state index contributed by atoms with van der Waals surface area (Å²) in [5.74, 6) is 0. The molecule has 0 aromatic heterocycles. The van der Waals surface area contributed by atoms with E-state index >= 15 is 0 Å². The van der Waals surface area contributed by atoms with Gasteiger partial charge in [0.25, 0.3) is 0 Å². The van der Waals surface area contributed by atoms with Crippen LogP contribution < -0.4 is 29.6 Å². The molecular weight excluding hydrogens is 146 g/mol. The van der Waals surface area contributed by atoms with Crippen LogP contribution in [0.15, 0.2) is 0 Å². The largest absolute Gasteiger partial charge is 4.00 e. The monoisotopic (exact) mass is 149 g/mol. The summed E-state index contributed by atoms with van der Waals surface area (Å²) in [5, 5.41) is 0. The maximum absolute atomic E-state index is 8.88. The topological polar surface area (TPSA) is 77.8 Å². The molecule has 0 unspecified atom stereocenters. The van der Waals surface area contributed by atoms with Crippen LogP contribution in [0.3, 0.4) is 0 Å². The minimum atomic E-state index is -4.64. The first-order valence-electron chi connectivity index (χ1n) is 0.783. The summed E-state index contributed by atoms with van der Waals surface area (Å²) < 4.78 is 8.88. The van der Waals surface area contributed by atoms with E-state index in [4.69, 9.17) is 19.2 Å². The van der Waals surface area contributed by atoms with E-state index in [2.05, 4.69) is 0 Å². The van der Waals surface area contributed by atoms with Crippen LogP contribution in [0.25, 0.3) is 0 Å². The molecule has 3 N–H and O–H groups in total. The minimum Gasteiger partial charge on any atom is -0.303 e. The zero-order valence-electron chi connectivity index (χ0n) is 3.70. The summed E-state index contributed by atoms with van der Waals surface area (Å²) in [4.78, 5) is 21.6. The Hall–Kier alpha value is 1.33. The van der Waals surface area contributed by atoms with Gasteiger partial charge >= 0.3 is 48.3 Å². The van der Waals surface area contributed by atoms with E-state index in [0.29, 0.717) is 0 Å². The Kier molecular flexibility index (Phi) is 12.3.